The van der Waals surface area contributed by atoms with E-state index in [-0.39, 0.29) is 55.5 Å². The first kappa shape index (κ1) is 31.0. The zero-order valence-corrected chi connectivity index (χ0v) is 24.4. The molecule has 1 aliphatic heterocycles. The van der Waals surface area contributed by atoms with Crippen LogP contribution in [0.5, 0.6) is 5.75 Å². The number of aromatic nitrogens is 3. The monoisotopic (exact) mass is 571 g/mol. The fourth-order valence-electron chi connectivity index (χ4n) is 4.69. The average Bonchev–Trinajstić information content (AvgIpc) is 3.18. The minimum Gasteiger partial charge on any atom is -0.490 e. The first-order valence-corrected chi connectivity index (χ1v) is 12.1. The van der Waals surface area contributed by atoms with Crippen LogP contribution >= 0.6 is 38.6 Å². The van der Waals surface area contributed by atoms with E-state index in [1.807, 2.05) is 32.1 Å². The lowest BCUT2D eigenvalue weighted by molar-refractivity contribution is 0.0263. The third kappa shape index (κ3) is 5.94. The zero-order valence-electron chi connectivity index (χ0n) is 21.6. The van der Waals surface area contributed by atoms with Crippen LogP contribution in [0.15, 0.2) is 18.5 Å². The number of imidazole rings is 1. The van der Waals surface area contributed by atoms with Crippen molar-refractivity contribution in [1.29, 1.82) is 0 Å². The third-order valence-electron chi connectivity index (χ3n) is 6.41. The Bertz CT molecular complexity index is 1270. The predicted molar refractivity (Wildman–Crippen MR) is 154 cm³/mol. The molecule has 12 heteroatoms. The van der Waals surface area contributed by atoms with Gasteiger partial charge in [-0.05, 0) is 39.7 Å². The molecule has 2 N–H and O–H groups in total. The number of carbonyl (C=O) groups is 1. The molecule has 0 aliphatic carbocycles. The number of hydrogen-bond acceptors (Lipinski definition) is 6. The van der Waals surface area contributed by atoms with E-state index >= 15 is 4.39 Å². The van der Waals surface area contributed by atoms with Gasteiger partial charge in [-0.3, -0.25) is 9.20 Å². The molecule has 1 aliphatic rings. The van der Waals surface area contributed by atoms with Gasteiger partial charge in [-0.25, -0.2) is 14.4 Å². The van der Waals surface area contributed by atoms with E-state index in [9.17, 15) is 4.79 Å². The van der Waals surface area contributed by atoms with Crippen LogP contribution in [-0.4, -0.2) is 57.6 Å². The summed E-state index contributed by atoms with van der Waals surface area (Å²) in [6, 6.07) is 1.52. The molecule has 1 aromatic carbocycles. The summed E-state index contributed by atoms with van der Waals surface area (Å²) < 4.78 is 28.9. The van der Waals surface area contributed by atoms with Crippen LogP contribution in [0.1, 0.15) is 67.0 Å². The van der Waals surface area contributed by atoms with Crippen molar-refractivity contribution in [2.75, 3.05) is 25.9 Å². The fourth-order valence-corrected chi connectivity index (χ4v) is 4.90. The molecule has 4 rings (SSSR count). The van der Waals surface area contributed by atoms with Crippen LogP contribution < -0.4 is 10.5 Å². The maximum atomic E-state index is 15.5. The van der Waals surface area contributed by atoms with Crippen molar-refractivity contribution in [2.24, 2.45) is 0 Å². The highest BCUT2D eigenvalue weighted by atomic mass is 35.5. The van der Waals surface area contributed by atoms with E-state index in [0.717, 1.165) is 12.8 Å². The number of amides is 1. The van der Waals surface area contributed by atoms with E-state index in [0.29, 0.717) is 41.5 Å². The van der Waals surface area contributed by atoms with Crippen LogP contribution in [0.2, 0.25) is 5.02 Å². The summed E-state index contributed by atoms with van der Waals surface area (Å²) >= 11 is 6.36. The number of nitrogens with two attached hydrogens (primary N) is 1. The second-order valence-electron chi connectivity index (χ2n) is 9.19. The van der Waals surface area contributed by atoms with Crippen LogP contribution in [0.3, 0.4) is 0 Å². The predicted octanol–water partition coefficient (Wildman–Crippen LogP) is 4.83. The van der Waals surface area contributed by atoms with Gasteiger partial charge in [-0.2, -0.15) is 27.0 Å². The molecule has 0 saturated carbocycles. The van der Waals surface area contributed by atoms with E-state index < -0.39 is 17.6 Å². The molecule has 1 fully saturated rings. The van der Waals surface area contributed by atoms with Crippen molar-refractivity contribution in [3.05, 3.63) is 51.9 Å². The number of halogens is 2. The number of hydrogen-bond donors (Lipinski definition) is 1. The number of nitrogens with zero attached hydrogens (tertiary/aromatic N) is 4. The van der Waals surface area contributed by atoms with Gasteiger partial charge in [-0.15, -0.1) is 0 Å². The van der Waals surface area contributed by atoms with Crippen molar-refractivity contribution in [1.82, 2.24) is 19.3 Å². The molecule has 8 nitrogen and oxygen atoms in total. The lowest BCUT2D eigenvalue weighted by Crippen LogP contribution is -2.43. The van der Waals surface area contributed by atoms with Gasteiger partial charge in [0.25, 0.3) is 5.91 Å². The minimum absolute atomic E-state index is 0. The van der Waals surface area contributed by atoms with Gasteiger partial charge in [0.05, 0.1) is 22.9 Å². The number of rotatable bonds is 6. The van der Waals surface area contributed by atoms with Crippen molar-refractivity contribution in [2.45, 2.75) is 58.7 Å². The van der Waals surface area contributed by atoms with E-state index in [2.05, 4.69) is 4.98 Å². The minimum atomic E-state index is -0.791. The molecular formula is C25H35ClFN5O3S2. The molecule has 0 radical (unpaired) electrons. The Kier molecular flexibility index (Phi) is 10.5. The summed E-state index contributed by atoms with van der Waals surface area (Å²) in [5.74, 6) is -0.465. The van der Waals surface area contributed by atoms with Gasteiger partial charge in [0.1, 0.15) is 28.5 Å². The van der Waals surface area contributed by atoms with Crippen LogP contribution in [0, 0.1) is 12.7 Å². The summed E-state index contributed by atoms with van der Waals surface area (Å²) in [6.07, 6.45) is 4.59. The number of piperidine rings is 1. The van der Waals surface area contributed by atoms with Gasteiger partial charge in [0, 0.05) is 44.1 Å². The number of fused-ring (bicyclic) bond motifs is 1. The highest BCUT2D eigenvalue weighted by Crippen LogP contribution is 2.40. The highest BCUT2D eigenvalue weighted by Gasteiger charge is 2.33. The number of ether oxygens (including phenoxy) is 2. The number of nitrogen functional groups attached to an aromatic ring is 1. The van der Waals surface area contributed by atoms with Gasteiger partial charge < -0.3 is 20.1 Å². The van der Waals surface area contributed by atoms with Gasteiger partial charge >= 0.3 is 0 Å². The van der Waals surface area contributed by atoms with Crippen LogP contribution in [0.4, 0.5) is 10.2 Å². The smallest absolute Gasteiger partial charge is 0.260 e. The molecule has 37 heavy (non-hydrogen) atoms. The number of methoxy groups -OCH3 is 1. The zero-order chi connectivity index (χ0) is 25.4. The quantitative estimate of drug-likeness (QED) is 0.455. The second kappa shape index (κ2) is 12.6. The van der Waals surface area contributed by atoms with Gasteiger partial charge in [0.2, 0.25) is 0 Å². The topological polar surface area (TPSA) is 95.0 Å². The maximum absolute atomic E-state index is 15.5. The first-order valence-electron chi connectivity index (χ1n) is 11.7. The molecule has 2 aromatic heterocycles. The van der Waals surface area contributed by atoms with Crippen molar-refractivity contribution >= 4 is 55.8 Å². The van der Waals surface area contributed by atoms with Gasteiger partial charge in [0.15, 0.2) is 5.82 Å². The molecule has 3 heterocycles. The second-order valence-corrected chi connectivity index (χ2v) is 9.60. The van der Waals surface area contributed by atoms with Crippen molar-refractivity contribution in [3.63, 3.8) is 0 Å². The summed E-state index contributed by atoms with van der Waals surface area (Å²) in [4.78, 5) is 24.1. The summed E-state index contributed by atoms with van der Waals surface area (Å²) in [5, 5.41) is -0.148. The maximum Gasteiger partial charge on any atom is 0.260 e. The van der Waals surface area contributed by atoms with E-state index in [1.165, 1.54) is 6.07 Å². The molecule has 0 unspecified atom stereocenters. The molecular weight excluding hydrogens is 537 g/mol. The molecule has 0 bridgehead atoms. The van der Waals surface area contributed by atoms with E-state index in [4.69, 9.17) is 31.8 Å². The Labute approximate surface area is 235 Å². The van der Waals surface area contributed by atoms with Crippen LogP contribution in [-0.2, 0) is 4.74 Å². The summed E-state index contributed by atoms with van der Waals surface area (Å²) in [6.45, 7) is 8.32. The Morgan fingerprint density at radius 3 is 2.65 bits per heavy atom. The molecule has 2 atom stereocenters. The molecule has 3 aromatic rings. The summed E-state index contributed by atoms with van der Waals surface area (Å²) in [5.41, 5.74) is 7.91. The van der Waals surface area contributed by atoms with Gasteiger partial charge in [-0.1, -0.05) is 18.5 Å². The van der Waals surface area contributed by atoms with Crippen molar-refractivity contribution < 1.29 is 18.7 Å². The largest absolute Gasteiger partial charge is 0.490 e. The summed E-state index contributed by atoms with van der Waals surface area (Å²) in [7, 11) is 1.62. The SMILES string of the molecule is CO[C@H]1CCCN(C(=O)c2c(F)c(Cl)cc([C@H](C)c3nc(C)c4c(N)nccn34)c2OC(C)C)C1.S.S. The number of anilines is 1. The van der Waals surface area contributed by atoms with Crippen molar-refractivity contribution in [3.8, 4) is 5.75 Å². The lowest BCUT2D eigenvalue weighted by Gasteiger charge is -2.33. The Balaban J connectivity index is 0.00000241. The molecule has 1 saturated heterocycles. The van der Waals surface area contributed by atoms with E-state index in [1.54, 1.807) is 24.4 Å². The molecule has 1 amide bonds. The standard InChI is InChI=1S/C25H31ClFN5O3.2H2S/c1-13(2)35-22-17(14(3)24-30-15(4)21-23(28)29-8-10-32(21)24)11-18(26)20(27)19(22)25(33)31-9-6-7-16(12-31)34-5;;/h8,10-11,13-14,16H,6-7,9,12H2,1-5H3,(H2,28,29);2*1H2/t14-,16-;;/m0../s1. The highest BCUT2D eigenvalue weighted by molar-refractivity contribution is 7.59. The first-order chi connectivity index (χ1) is 16.6. The number of aryl methyl sites for hydroxylation is 1. The third-order valence-corrected chi connectivity index (χ3v) is 6.68. The Morgan fingerprint density at radius 2 is 2.00 bits per heavy atom. The molecule has 0 spiro atoms. The number of benzene rings is 1. The number of carbonyl (C=O) groups excluding carboxylic acids is 1. The van der Waals surface area contributed by atoms with Crippen LogP contribution in [0.25, 0.3) is 5.52 Å². The number of likely N-dealkylation sites (tertiary alicyclic amines) is 1. The Morgan fingerprint density at radius 1 is 1.30 bits per heavy atom. The normalized spacial score (nSPS) is 16.3. The average molecular weight is 572 g/mol. The molecule has 204 valence electrons. The fraction of sp³-hybridized carbons (Fsp3) is 0.480. The lowest BCUT2D eigenvalue weighted by atomic mass is 9.95. The Hall–Kier alpha value is -2.21.